The third kappa shape index (κ3) is 5.91. The fourth-order valence-corrected chi connectivity index (χ4v) is 8.25. The molecule has 14 heteroatoms. The molecule has 0 saturated heterocycles. The van der Waals surface area contributed by atoms with Gasteiger partial charge in [-0.2, -0.15) is 9.40 Å². The molecule has 0 bridgehead atoms. The van der Waals surface area contributed by atoms with Crippen molar-refractivity contribution >= 4 is 49.5 Å². The zero-order chi connectivity index (χ0) is 30.7. The molecule has 0 atom stereocenters. The number of hydrogen-bond acceptors (Lipinski definition) is 9. The number of nitrogens with zero attached hydrogens (tertiary/aromatic N) is 7. The van der Waals surface area contributed by atoms with E-state index in [4.69, 9.17) is 9.72 Å². The first-order valence-electron chi connectivity index (χ1n) is 14.2. The van der Waals surface area contributed by atoms with Crippen LogP contribution in [0.25, 0.3) is 22.5 Å². The number of carbonyl (C=O) groups excluding carboxylic acids is 1. The van der Waals surface area contributed by atoms with Crippen LogP contribution < -0.4 is 5.32 Å². The Kier molecular flexibility index (Phi) is 7.33. The maximum atomic E-state index is 13.3. The molecule has 5 heterocycles. The molecule has 1 fully saturated rings. The lowest BCUT2D eigenvalue weighted by Crippen LogP contribution is -2.39. The Labute approximate surface area is 255 Å². The van der Waals surface area contributed by atoms with Gasteiger partial charge in [-0.1, -0.05) is 6.08 Å². The molecule has 1 aliphatic heterocycles. The van der Waals surface area contributed by atoms with Crippen LogP contribution in [0.5, 0.6) is 0 Å². The SMILES string of the molecule is Cc1cc(Nc2nc(C3=CCCN(C(=O)OC(C)(C)C)C3)cn3c(-c4cnn(C)c4)cnc23)sc1S(=O)(=O)N(C)C1CC1. The fraction of sp³-hybridized carbons (Fsp3) is 0.448. The van der Waals surface area contributed by atoms with Gasteiger partial charge in [0.1, 0.15) is 9.81 Å². The first-order valence-corrected chi connectivity index (χ1v) is 16.5. The molecule has 43 heavy (non-hydrogen) atoms. The Hall–Kier alpha value is -3.75. The molecule has 1 aliphatic carbocycles. The van der Waals surface area contributed by atoms with Gasteiger partial charge in [0.15, 0.2) is 11.5 Å². The van der Waals surface area contributed by atoms with E-state index < -0.39 is 15.6 Å². The first kappa shape index (κ1) is 29.3. The van der Waals surface area contributed by atoms with Crippen molar-refractivity contribution in [3.8, 4) is 11.3 Å². The summed E-state index contributed by atoms with van der Waals surface area (Å²) < 4.78 is 37.8. The number of thiophene rings is 1. The van der Waals surface area contributed by atoms with E-state index in [2.05, 4.69) is 21.5 Å². The predicted octanol–water partition coefficient (Wildman–Crippen LogP) is 5.05. The highest BCUT2D eigenvalue weighted by molar-refractivity contribution is 7.91. The monoisotopic (exact) mass is 624 g/mol. The molecule has 1 saturated carbocycles. The highest BCUT2D eigenvalue weighted by atomic mass is 32.2. The van der Waals surface area contributed by atoms with Gasteiger partial charge in [0.2, 0.25) is 0 Å². The lowest BCUT2D eigenvalue weighted by atomic mass is 10.1. The minimum absolute atomic E-state index is 0.0701. The largest absolute Gasteiger partial charge is 0.444 e. The third-order valence-corrected chi connectivity index (χ3v) is 11.1. The van der Waals surface area contributed by atoms with Crippen LogP contribution >= 0.6 is 11.3 Å². The summed E-state index contributed by atoms with van der Waals surface area (Å²) in [6.45, 7) is 8.26. The Morgan fingerprint density at radius 3 is 2.65 bits per heavy atom. The van der Waals surface area contributed by atoms with Gasteiger partial charge >= 0.3 is 6.09 Å². The van der Waals surface area contributed by atoms with E-state index in [1.807, 2.05) is 57.6 Å². The van der Waals surface area contributed by atoms with Gasteiger partial charge in [0.05, 0.1) is 35.3 Å². The number of carbonyl (C=O) groups is 1. The third-order valence-electron chi connectivity index (χ3n) is 7.41. The molecule has 4 aromatic heterocycles. The minimum Gasteiger partial charge on any atom is -0.444 e. The number of amides is 1. The van der Waals surface area contributed by atoms with Gasteiger partial charge in [-0.15, -0.1) is 11.3 Å². The van der Waals surface area contributed by atoms with Crippen LogP contribution in [0.15, 0.2) is 41.1 Å². The molecular formula is C29H36N8O4S2. The Morgan fingerprint density at radius 2 is 1.98 bits per heavy atom. The van der Waals surface area contributed by atoms with Crippen LogP contribution in [0.2, 0.25) is 0 Å². The lowest BCUT2D eigenvalue weighted by Gasteiger charge is -2.30. The van der Waals surface area contributed by atoms with Crippen LogP contribution in [0, 0.1) is 6.92 Å². The second kappa shape index (κ2) is 10.8. The highest BCUT2D eigenvalue weighted by Crippen LogP contribution is 2.38. The highest BCUT2D eigenvalue weighted by Gasteiger charge is 2.37. The van der Waals surface area contributed by atoms with E-state index in [-0.39, 0.29) is 12.1 Å². The topological polar surface area (TPSA) is 127 Å². The number of hydrogen-bond donors (Lipinski definition) is 1. The molecule has 1 amide bonds. The Balaban J connectivity index is 1.39. The molecule has 0 radical (unpaired) electrons. The number of anilines is 2. The Bertz CT molecular complexity index is 1840. The fourth-order valence-electron chi connectivity index (χ4n) is 5.07. The van der Waals surface area contributed by atoms with Gasteiger partial charge in [-0.3, -0.25) is 9.08 Å². The molecule has 228 valence electrons. The number of aryl methyl sites for hydroxylation is 2. The average Bonchev–Trinajstić information content (AvgIpc) is 3.37. The van der Waals surface area contributed by atoms with E-state index in [9.17, 15) is 13.2 Å². The van der Waals surface area contributed by atoms with E-state index >= 15 is 0 Å². The number of aromatic nitrogens is 5. The van der Waals surface area contributed by atoms with Crippen molar-refractivity contribution in [3.05, 3.63) is 48.2 Å². The quantitative estimate of drug-likeness (QED) is 0.303. The summed E-state index contributed by atoms with van der Waals surface area (Å²) in [5, 5.41) is 8.33. The number of nitrogens with one attached hydrogen (secondary N) is 1. The van der Waals surface area contributed by atoms with Gasteiger partial charge in [0, 0.05) is 44.6 Å². The zero-order valence-electron chi connectivity index (χ0n) is 25.2. The van der Waals surface area contributed by atoms with Crippen LogP contribution in [0.4, 0.5) is 15.6 Å². The maximum Gasteiger partial charge on any atom is 0.410 e. The van der Waals surface area contributed by atoms with E-state index in [0.717, 1.165) is 29.7 Å². The van der Waals surface area contributed by atoms with Crippen LogP contribution in [0.1, 0.15) is 51.3 Å². The molecule has 0 spiro atoms. The predicted molar refractivity (Wildman–Crippen MR) is 166 cm³/mol. The van der Waals surface area contributed by atoms with Crippen molar-refractivity contribution < 1.29 is 17.9 Å². The average molecular weight is 625 g/mol. The van der Waals surface area contributed by atoms with Gasteiger partial charge in [0.25, 0.3) is 10.0 Å². The van der Waals surface area contributed by atoms with Crippen molar-refractivity contribution in [2.45, 2.75) is 62.8 Å². The van der Waals surface area contributed by atoms with Crippen LogP contribution in [0.3, 0.4) is 0 Å². The lowest BCUT2D eigenvalue weighted by molar-refractivity contribution is 0.0273. The second-order valence-corrected chi connectivity index (χ2v) is 15.3. The minimum atomic E-state index is -3.60. The standard InChI is InChI=1S/C29H36N8O4S2/c1-18-12-24(42-27(18)43(39,40)35(6)21-9-10-21)33-25-26-30-14-23(20-13-31-34(5)15-20)37(26)17-22(32-25)19-8-7-11-36(16-19)28(38)41-29(2,3)4/h8,12-15,17,21H,7,9-11,16H2,1-6H3,(H,32,33). The molecule has 4 aromatic rings. The summed E-state index contributed by atoms with van der Waals surface area (Å²) >= 11 is 1.19. The van der Waals surface area contributed by atoms with E-state index in [1.54, 1.807) is 29.0 Å². The molecule has 0 aromatic carbocycles. The number of imidazole rings is 1. The van der Waals surface area contributed by atoms with Gasteiger partial charge < -0.3 is 15.0 Å². The molecule has 2 aliphatic rings. The molecule has 0 unspecified atom stereocenters. The normalized spacial score (nSPS) is 16.2. The number of rotatable bonds is 7. The molecule has 1 N–H and O–H groups in total. The molecular weight excluding hydrogens is 589 g/mol. The molecule has 12 nitrogen and oxygen atoms in total. The van der Waals surface area contributed by atoms with E-state index in [0.29, 0.717) is 51.4 Å². The summed E-state index contributed by atoms with van der Waals surface area (Å²) in [5.74, 6) is 0.476. The van der Waals surface area contributed by atoms with Gasteiger partial charge in [-0.05, 0) is 64.2 Å². The first-order chi connectivity index (χ1) is 20.3. The summed E-state index contributed by atoms with van der Waals surface area (Å²) in [7, 11) is -0.0928. The van der Waals surface area contributed by atoms with E-state index in [1.165, 1.54) is 15.6 Å². The summed E-state index contributed by atoms with van der Waals surface area (Å²) in [4.78, 5) is 24.2. The summed E-state index contributed by atoms with van der Waals surface area (Å²) in [5.41, 5.74) is 3.91. The summed E-state index contributed by atoms with van der Waals surface area (Å²) in [6, 6.07) is 1.90. The molecule has 6 rings (SSSR count). The van der Waals surface area contributed by atoms with Crippen molar-refractivity contribution in [3.63, 3.8) is 0 Å². The smallest absolute Gasteiger partial charge is 0.410 e. The second-order valence-electron chi connectivity index (χ2n) is 12.1. The van der Waals surface area contributed by atoms with Crippen LogP contribution in [-0.2, 0) is 21.8 Å². The number of sulfonamides is 1. The van der Waals surface area contributed by atoms with Crippen molar-refractivity contribution in [2.75, 3.05) is 25.5 Å². The zero-order valence-corrected chi connectivity index (χ0v) is 26.8. The maximum absolute atomic E-state index is 13.3. The summed E-state index contributed by atoms with van der Waals surface area (Å²) in [6.07, 6.45) is 11.5. The van der Waals surface area contributed by atoms with Crippen LogP contribution in [-0.4, -0.2) is 79.6 Å². The number of ether oxygens (including phenoxy) is 1. The van der Waals surface area contributed by atoms with Gasteiger partial charge in [-0.25, -0.2) is 23.2 Å². The van der Waals surface area contributed by atoms with Crippen molar-refractivity contribution in [1.29, 1.82) is 0 Å². The van der Waals surface area contributed by atoms with Crippen molar-refractivity contribution in [1.82, 2.24) is 33.4 Å². The van der Waals surface area contributed by atoms with Crippen molar-refractivity contribution in [2.24, 2.45) is 7.05 Å². The number of fused-ring (bicyclic) bond motifs is 1. The Morgan fingerprint density at radius 1 is 1.21 bits per heavy atom.